The van der Waals surface area contributed by atoms with E-state index in [0.717, 1.165) is 12.8 Å². The highest BCUT2D eigenvalue weighted by Crippen LogP contribution is 2.22. The van der Waals surface area contributed by atoms with Gasteiger partial charge in [-0.2, -0.15) is 0 Å². The molecule has 0 aromatic carbocycles. The first kappa shape index (κ1) is 15.6. The van der Waals surface area contributed by atoms with Crippen molar-refractivity contribution in [1.29, 1.82) is 0 Å². The molecule has 0 aliphatic carbocycles. The molecular weight excluding hydrogens is 266 g/mol. The van der Waals surface area contributed by atoms with Gasteiger partial charge in [-0.05, 0) is 12.3 Å². The number of rotatable bonds is 8. The Balaban J connectivity index is 2.48. The summed E-state index contributed by atoms with van der Waals surface area (Å²) in [6.07, 6.45) is 2.43. The van der Waals surface area contributed by atoms with Gasteiger partial charge in [0.2, 0.25) is 11.0 Å². The number of anilines is 1. The fraction of sp³-hybridized carbons (Fsp3) is 0.667. The molecule has 6 nitrogen and oxygen atoms in total. The van der Waals surface area contributed by atoms with Gasteiger partial charge in [0.15, 0.2) is 0 Å². The van der Waals surface area contributed by atoms with E-state index in [1.807, 2.05) is 6.92 Å². The number of carbonyl (C=O) groups excluding carboxylic acids is 2. The lowest BCUT2D eigenvalue weighted by molar-refractivity contribution is -0.313. The molecule has 19 heavy (non-hydrogen) atoms. The van der Waals surface area contributed by atoms with Crippen LogP contribution in [0.3, 0.4) is 0 Å². The quantitative estimate of drug-likeness (QED) is 0.770. The molecule has 1 heterocycles. The summed E-state index contributed by atoms with van der Waals surface area (Å²) in [5.41, 5.74) is 1.52. The van der Waals surface area contributed by atoms with Crippen LogP contribution in [0.25, 0.3) is 0 Å². The van der Waals surface area contributed by atoms with Crippen LogP contribution in [-0.2, 0) is 9.59 Å². The number of carboxylic acids is 1. The van der Waals surface area contributed by atoms with E-state index in [1.54, 1.807) is 6.92 Å². The Hall–Kier alpha value is -1.50. The summed E-state index contributed by atoms with van der Waals surface area (Å²) in [5.74, 6) is -2.17. The van der Waals surface area contributed by atoms with Crippen molar-refractivity contribution in [2.75, 3.05) is 5.32 Å². The molecule has 0 fully saturated rings. The molecule has 1 N–H and O–H groups in total. The molecule has 0 aliphatic heterocycles. The summed E-state index contributed by atoms with van der Waals surface area (Å²) in [5, 5.41) is 21.4. The summed E-state index contributed by atoms with van der Waals surface area (Å²) < 4.78 is 0. The first-order valence-electron chi connectivity index (χ1n) is 6.31. The Morgan fingerprint density at radius 3 is 2.79 bits per heavy atom. The summed E-state index contributed by atoms with van der Waals surface area (Å²) in [6, 6.07) is 0. The van der Waals surface area contributed by atoms with Gasteiger partial charge in [0.1, 0.15) is 5.51 Å². The maximum absolute atomic E-state index is 11.7. The van der Waals surface area contributed by atoms with Gasteiger partial charge in [-0.3, -0.25) is 4.79 Å². The molecule has 2 atom stereocenters. The van der Waals surface area contributed by atoms with Crippen LogP contribution in [0.1, 0.15) is 39.5 Å². The van der Waals surface area contributed by atoms with Crippen molar-refractivity contribution in [2.24, 2.45) is 11.8 Å². The summed E-state index contributed by atoms with van der Waals surface area (Å²) in [4.78, 5) is 22.8. The minimum Gasteiger partial charge on any atom is -0.550 e. The van der Waals surface area contributed by atoms with E-state index >= 15 is 0 Å². The Labute approximate surface area is 116 Å². The van der Waals surface area contributed by atoms with E-state index in [4.69, 9.17) is 0 Å². The topological polar surface area (TPSA) is 95.0 Å². The summed E-state index contributed by atoms with van der Waals surface area (Å²) in [6.45, 7) is 3.76. The van der Waals surface area contributed by atoms with Crippen molar-refractivity contribution in [1.82, 2.24) is 10.2 Å². The van der Waals surface area contributed by atoms with Crippen molar-refractivity contribution in [3.05, 3.63) is 5.51 Å². The number of nitrogens with one attached hydrogen (secondary N) is 1. The second-order valence-electron chi connectivity index (χ2n) is 4.54. The lowest BCUT2D eigenvalue weighted by atomic mass is 9.87. The number of aliphatic carboxylic acids is 1. The number of amides is 1. The predicted octanol–water partition coefficient (Wildman–Crippen LogP) is 1.06. The van der Waals surface area contributed by atoms with Crippen molar-refractivity contribution in [3.63, 3.8) is 0 Å². The van der Waals surface area contributed by atoms with Crippen LogP contribution >= 0.6 is 11.3 Å². The second kappa shape index (κ2) is 7.83. The van der Waals surface area contributed by atoms with Gasteiger partial charge >= 0.3 is 0 Å². The normalized spacial score (nSPS) is 13.8. The van der Waals surface area contributed by atoms with Gasteiger partial charge in [0, 0.05) is 18.3 Å². The Morgan fingerprint density at radius 2 is 2.26 bits per heavy atom. The van der Waals surface area contributed by atoms with Crippen LogP contribution in [0.2, 0.25) is 0 Å². The third-order valence-electron chi connectivity index (χ3n) is 2.97. The highest BCUT2D eigenvalue weighted by molar-refractivity contribution is 7.13. The molecule has 0 saturated heterocycles. The van der Waals surface area contributed by atoms with E-state index in [9.17, 15) is 14.7 Å². The lowest BCUT2D eigenvalue weighted by Crippen LogP contribution is -2.36. The Morgan fingerprint density at radius 1 is 1.53 bits per heavy atom. The fourth-order valence-corrected chi connectivity index (χ4v) is 2.35. The minimum absolute atomic E-state index is 0.141. The monoisotopic (exact) mass is 284 g/mol. The number of carbonyl (C=O) groups is 2. The number of hydrogen-bond acceptors (Lipinski definition) is 6. The molecule has 7 heteroatoms. The van der Waals surface area contributed by atoms with Crippen LogP contribution in [0, 0.1) is 11.8 Å². The smallest absolute Gasteiger partial charge is 0.226 e. The number of carboxylic acid groups (broad SMARTS) is 1. The first-order chi connectivity index (χ1) is 9.04. The summed E-state index contributed by atoms with van der Waals surface area (Å²) in [7, 11) is 0. The molecule has 1 amide bonds. The van der Waals surface area contributed by atoms with E-state index in [0.29, 0.717) is 11.6 Å². The zero-order valence-corrected chi connectivity index (χ0v) is 11.9. The van der Waals surface area contributed by atoms with Crippen LogP contribution in [-0.4, -0.2) is 22.1 Å². The molecule has 1 rings (SSSR count). The molecule has 1 aromatic heterocycles. The number of unbranched alkanes of at least 4 members (excludes halogenated alkanes) is 1. The highest BCUT2D eigenvalue weighted by Gasteiger charge is 2.21. The molecule has 0 aliphatic rings. The Kier molecular flexibility index (Phi) is 6.41. The third-order valence-corrected chi connectivity index (χ3v) is 3.58. The maximum atomic E-state index is 11.7. The van der Waals surface area contributed by atoms with E-state index in [2.05, 4.69) is 15.5 Å². The second-order valence-corrected chi connectivity index (χ2v) is 5.37. The van der Waals surface area contributed by atoms with Crippen LogP contribution in [0.5, 0.6) is 0 Å². The molecular formula is C12H18N3O3S-. The highest BCUT2D eigenvalue weighted by atomic mass is 32.1. The largest absolute Gasteiger partial charge is 0.550 e. The third kappa shape index (κ3) is 5.34. The minimum atomic E-state index is -1.08. The van der Waals surface area contributed by atoms with Crippen molar-refractivity contribution in [3.8, 4) is 0 Å². The SMILES string of the molecule is CCCC[C@@H](C(=O)[O-])[C@H](C)CC(=O)Nc1nncs1. The molecule has 106 valence electrons. The average molecular weight is 284 g/mol. The van der Waals surface area contributed by atoms with Gasteiger partial charge in [0.05, 0.1) is 0 Å². The van der Waals surface area contributed by atoms with E-state index < -0.39 is 11.9 Å². The van der Waals surface area contributed by atoms with Gasteiger partial charge in [0.25, 0.3) is 0 Å². The van der Waals surface area contributed by atoms with Crippen molar-refractivity contribution < 1.29 is 14.7 Å². The molecule has 0 saturated carbocycles. The fourth-order valence-electron chi connectivity index (χ4n) is 1.89. The van der Waals surface area contributed by atoms with Crippen molar-refractivity contribution >= 4 is 28.3 Å². The zero-order valence-electron chi connectivity index (χ0n) is 11.1. The predicted molar refractivity (Wildman–Crippen MR) is 70.3 cm³/mol. The number of nitrogens with zero attached hydrogens (tertiary/aromatic N) is 2. The molecule has 0 spiro atoms. The van der Waals surface area contributed by atoms with Crippen LogP contribution in [0.4, 0.5) is 5.13 Å². The van der Waals surface area contributed by atoms with Crippen molar-refractivity contribution in [2.45, 2.75) is 39.5 Å². The van der Waals surface area contributed by atoms with Crippen LogP contribution in [0.15, 0.2) is 5.51 Å². The van der Waals surface area contributed by atoms with Gasteiger partial charge in [-0.25, -0.2) is 0 Å². The first-order valence-corrected chi connectivity index (χ1v) is 7.19. The van der Waals surface area contributed by atoms with Gasteiger partial charge in [-0.1, -0.05) is 38.0 Å². The summed E-state index contributed by atoms with van der Waals surface area (Å²) >= 11 is 1.22. The molecule has 0 radical (unpaired) electrons. The maximum Gasteiger partial charge on any atom is 0.226 e. The van der Waals surface area contributed by atoms with E-state index in [1.165, 1.54) is 16.8 Å². The van der Waals surface area contributed by atoms with Crippen LogP contribution < -0.4 is 10.4 Å². The molecule has 0 bridgehead atoms. The number of hydrogen-bond donors (Lipinski definition) is 1. The zero-order chi connectivity index (χ0) is 14.3. The molecule has 1 aromatic rings. The Bertz CT molecular complexity index is 408. The standard InChI is InChI=1S/C12H19N3O3S/c1-3-4-5-9(11(17)18)8(2)6-10(16)14-12-15-13-7-19-12/h7-9H,3-6H2,1-2H3,(H,17,18)(H,14,15,16)/p-1/t8-,9-/m1/s1. The van der Waals surface area contributed by atoms with Gasteiger partial charge in [-0.15, -0.1) is 10.2 Å². The average Bonchev–Trinajstić information content (AvgIpc) is 2.81. The number of aromatic nitrogens is 2. The lowest BCUT2D eigenvalue weighted by Gasteiger charge is -2.24. The van der Waals surface area contributed by atoms with E-state index in [-0.39, 0.29) is 18.2 Å². The molecule has 0 unspecified atom stereocenters. The van der Waals surface area contributed by atoms with Gasteiger partial charge < -0.3 is 15.2 Å².